The van der Waals surface area contributed by atoms with E-state index in [4.69, 9.17) is 16.1 Å². The predicted molar refractivity (Wildman–Crippen MR) is 74.0 cm³/mol. The van der Waals surface area contributed by atoms with Crippen LogP contribution >= 0.6 is 19.1 Å². The second kappa shape index (κ2) is 4.77. The molecule has 4 rings (SSSR count). The summed E-state index contributed by atoms with van der Waals surface area (Å²) >= 11 is 5.88. The summed E-state index contributed by atoms with van der Waals surface area (Å²) in [5.74, 6) is 2.53. The van der Waals surface area contributed by atoms with Gasteiger partial charge in [0.15, 0.2) is 0 Å². The first-order valence-electron chi connectivity index (χ1n) is 7.15. The monoisotopic (exact) mass is 291 g/mol. The van der Waals surface area contributed by atoms with E-state index in [1.807, 2.05) is 6.92 Å². The molecular formula is C13H23ClNO2P. The van der Waals surface area contributed by atoms with Gasteiger partial charge in [0.2, 0.25) is 0 Å². The van der Waals surface area contributed by atoms with Crippen LogP contribution in [0.5, 0.6) is 0 Å². The zero-order chi connectivity index (χ0) is 12.8. The van der Waals surface area contributed by atoms with Gasteiger partial charge in [-0.25, -0.2) is 5.09 Å². The molecule has 0 unspecified atom stereocenters. The highest BCUT2D eigenvalue weighted by Crippen LogP contribution is 2.59. The average molecular weight is 292 g/mol. The largest absolute Gasteiger partial charge is 0.317 e. The molecule has 0 radical (unpaired) electrons. The number of hydrogen-bond donors (Lipinski definition) is 1. The lowest BCUT2D eigenvalue weighted by Gasteiger charge is -2.57. The maximum atomic E-state index is 12.6. The first-order chi connectivity index (χ1) is 8.56. The summed E-state index contributed by atoms with van der Waals surface area (Å²) in [5.41, 5.74) is 0.150. The van der Waals surface area contributed by atoms with Gasteiger partial charge < -0.3 is 4.52 Å². The van der Waals surface area contributed by atoms with E-state index in [0.29, 0.717) is 6.61 Å². The highest BCUT2D eigenvalue weighted by molar-refractivity contribution is 7.58. The molecule has 0 aliphatic heterocycles. The third-order valence-corrected chi connectivity index (χ3v) is 7.69. The van der Waals surface area contributed by atoms with Gasteiger partial charge in [0.1, 0.15) is 5.62 Å². The summed E-state index contributed by atoms with van der Waals surface area (Å²) in [6, 6.07) is 0. The molecule has 104 valence electrons. The van der Waals surface area contributed by atoms with Crippen molar-refractivity contribution in [2.24, 2.45) is 17.8 Å². The van der Waals surface area contributed by atoms with Crippen molar-refractivity contribution < 1.29 is 9.09 Å². The third kappa shape index (κ3) is 2.40. The van der Waals surface area contributed by atoms with E-state index in [1.54, 1.807) is 0 Å². The van der Waals surface area contributed by atoms with E-state index in [9.17, 15) is 4.57 Å². The molecule has 4 aliphatic rings. The SMILES string of the molecule is CCO[P@](=O)(CCl)NC12CC3CC(CC(C3)C1)C2. The maximum Gasteiger partial charge on any atom is 0.284 e. The van der Waals surface area contributed by atoms with Crippen LogP contribution in [0.2, 0.25) is 0 Å². The number of alkyl halides is 1. The van der Waals surface area contributed by atoms with Crippen LogP contribution in [0.1, 0.15) is 45.4 Å². The minimum atomic E-state index is -2.83. The van der Waals surface area contributed by atoms with Crippen LogP contribution in [0.25, 0.3) is 0 Å². The summed E-state index contributed by atoms with van der Waals surface area (Å²) in [4.78, 5) is 0. The fourth-order valence-electron chi connectivity index (χ4n) is 4.91. The van der Waals surface area contributed by atoms with E-state index in [0.717, 1.165) is 17.8 Å². The van der Waals surface area contributed by atoms with Gasteiger partial charge in [-0.05, 0) is 63.2 Å². The van der Waals surface area contributed by atoms with E-state index < -0.39 is 7.52 Å². The summed E-state index contributed by atoms with van der Waals surface area (Å²) in [6.45, 7) is 2.34. The zero-order valence-electron chi connectivity index (χ0n) is 11.0. The van der Waals surface area contributed by atoms with Crippen molar-refractivity contribution in [1.82, 2.24) is 5.09 Å². The van der Waals surface area contributed by atoms with Crippen molar-refractivity contribution in [2.45, 2.75) is 51.0 Å². The average Bonchev–Trinajstić information content (AvgIpc) is 2.26. The van der Waals surface area contributed by atoms with Crippen molar-refractivity contribution in [1.29, 1.82) is 0 Å². The van der Waals surface area contributed by atoms with Crippen molar-refractivity contribution in [3.8, 4) is 0 Å². The fourth-order valence-corrected chi connectivity index (χ4v) is 6.91. The van der Waals surface area contributed by atoms with Crippen molar-refractivity contribution >= 4 is 19.1 Å². The fraction of sp³-hybridized carbons (Fsp3) is 1.00. The summed E-state index contributed by atoms with van der Waals surface area (Å²) < 4.78 is 18.0. The minimum absolute atomic E-state index is 0.0638. The van der Waals surface area contributed by atoms with Crippen LogP contribution in [-0.2, 0) is 9.09 Å². The van der Waals surface area contributed by atoms with Gasteiger partial charge >= 0.3 is 0 Å². The Labute approximate surface area is 115 Å². The lowest BCUT2D eigenvalue weighted by molar-refractivity contribution is -0.0101. The molecule has 4 fully saturated rings. The molecule has 0 heterocycles. The molecule has 0 saturated heterocycles. The molecule has 0 aromatic carbocycles. The Bertz CT molecular complexity index is 339. The lowest BCUT2D eigenvalue weighted by Crippen LogP contribution is -2.57. The van der Waals surface area contributed by atoms with Crippen LogP contribution < -0.4 is 5.09 Å². The highest BCUT2D eigenvalue weighted by atomic mass is 35.5. The zero-order valence-corrected chi connectivity index (χ0v) is 12.7. The number of nitrogens with one attached hydrogen (secondary N) is 1. The smallest absolute Gasteiger partial charge is 0.284 e. The quantitative estimate of drug-likeness (QED) is 0.615. The first kappa shape index (κ1) is 13.4. The Hall–Kier alpha value is 0.440. The van der Waals surface area contributed by atoms with Crippen LogP contribution in [0.4, 0.5) is 0 Å². The number of rotatable bonds is 5. The van der Waals surface area contributed by atoms with Gasteiger partial charge in [0, 0.05) is 5.54 Å². The van der Waals surface area contributed by atoms with Gasteiger partial charge in [0.25, 0.3) is 7.52 Å². The summed E-state index contributed by atoms with van der Waals surface area (Å²) in [6.07, 6.45) is 7.69. The third-order valence-electron chi connectivity index (χ3n) is 4.94. The predicted octanol–water partition coefficient (Wildman–Crippen LogP) is 3.97. The second-order valence-corrected chi connectivity index (χ2v) is 9.31. The van der Waals surface area contributed by atoms with Crippen molar-refractivity contribution in [2.75, 3.05) is 12.2 Å². The van der Waals surface area contributed by atoms with Gasteiger partial charge in [-0.15, -0.1) is 11.6 Å². The summed E-state index contributed by atoms with van der Waals surface area (Å²) in [5, 5.41) is 3.39. The van der Waals surface area contributed by atoms with Crippen LogP contribution in [0.3, 0.4) is 0 Å². The maximum absolute atomic E-state index is 12.6. The molecule has 1 N–H and O–H groups in total. The molecule has 18 heavy (non-hydrogen) atoms. The minimum Gasteiger partial charge on any atom is -0.317 e. The molecule has 0 amide bonds. The Morgan fingerprint density at radius 3 is 2.11 bits per heavy atom. The first-order valence-corrected chi connectivity index (χ1v) is 9.50. The summed E-state index contributed by atoms with van der Waals surface area (Å²) in [7, 11) is -2.83. The molecule has 1 atom stereocenters. The molecule has 0 aromatic rings. The normalized spacial score (nSPS) is 45.1. The number of hydrogen-bond acceptors (Lipinski definition) is 2. The van der Waals surface area contributed by atoms with Gasteiger partial charge in [-0.3, -0.25) is 4.57 Å². The Balaban J connectivity index is 1.77. The standard InChI is InChI=1S/C13H23ClNO2P/c1-2-17-18(16,9-14)15-13-6-10-3-11(7-13)5-12(4-10)8-13/h10-12H,2-9H2,1H3,(H,15,16)/t10?,11?,12?,13?,18-/m1/s1. The van der Waals surface area contributed by atoms with Crippen molar-refractivity contribution in [3.05, 3.63) is 0 Å². The molecule has 4 aliphatic carbocycles. The molecular weight excluding hydrogens is 269 g/mol. The molecule has 0 aromatic heterocycles. The molecule has 0 spiro atoms. The van der Waals surface area contributed by atoms with E-state index in [-0.39, 0.29) is 11.2 Å². The van der Waals surface area contributed by atoms with Gasteiger partial charge in [0.05, 0.1) is 6.61 Å². The topological polar surface area (TPSA) is 38.3 Å². The lowest BCUT2D eigenvalue weighted by atomic mass is 9.53. The van der Waals surface area contributed by atoms with Crippen LogP contribution in [0.15, 0.2) is 0 Å². The molecule has 5 heteroatoms. The molecule has 4 saturated carbocycles. The van der Waals surface area contributed by atoms with Crippen molar-refractivity contribution in [3.63, 3.8) is 0 Å². The van der Waals surface area contributed by atoms with E-state index in [1.165, 1.54) is 38.5 Å². The molecule has 4 bridgehead atoms. The van der Waals surface area contributed by atoms with Crippen LogP contribution in [-0.4, -0.2) is 17.8 Å². The highest BCUT2D eigenvalue weighted by Gasteiger charge is 2.52. The van der Waals surface area contributed by atoms with Gasteiger partial charge in [-0.1, -0.05) is 0 Å². The Kier molecular flexibility index (Phi) is 3.56. The Morgan fingerprint density at radius 1 is 1.22 bits per heavy atom. The Morgan fingerprint density at radius 2 is 1.72 bits per heavy atom. The number of halogens is 1. The van der Waals surface area contributed by atoms with E-state index in [2.05, 4.69) is 5.09 Å². The molecule has 3 nitrogen and oxygen atoms in total. The van der Waals surface area contributed by atoms with Gasteiger partial charge in [-0.2, -0.15) is 0 Å². The second-order valence-electron chi connectivity index (χ2n) is 6.52. The van der Waals surface area contributed by atoms with E-state index >= 15 is 0 Å². The van der Waals surface area contributed by atoms with Crippen LogP contribution in [0, 0.1) is 17.8 Å².